The Labute approximate surface area is 171 Å². The molecule has 0 N–H and O–H groups in total. The third-order valence-corrected chi connectivity index (χ3v) is 7.92. The van der Waals surface area contributed by atoms with Gasteiger partial charge in [-0.25, -0.2) is 0 Å². The molecule has 1 nitrogen and oxygen atoms in total. The normalized spacial score (nSPS) is 28.4. The summed E-state index contributed by atoms with van der Waals surface area (Å²) in [5, 5.41) is 2.64. The summed E-state index contributed by atoms with van der Waals surface area (Å²) >= 11 is 0. The first-order valence-corrected chi connectivity index (χ1v) is 11.8. The zero-order chi connectivity index (χ0) is 19.3. The van der Waals surface area contributed by atoms with Gasteiger partial charge in [-0.1, -0.05) is 76.1 Å². The van der Waals surface area contributed by atoms with Crippen LogP contribution in [0.1, 0.15) is 89.0 Å². The molecule has 2 aliphatic carbocycles. The minimum absolute atomic E-state index is 0.766. The first-order chi connectivity index (χ1) is 13.7. The fourth-order valence-electron chi connectivity index (χ4n) is 5.81. The Morgan fingerprint density at radius 1 is 0.714 bits per heavy atom. The smallest absolute Gasteiger partial charge is 0.119 e. The predicted octanol–water partition coefficient (Wildman–Crippen LogP) is 8.12. The van der Waals surface area contributed by atoms with Crippen LogP contribution in [-0.4, -0.2) is 7.11 Å². The summed E-state index contributed by atoms with van der Waals surface area (Å²) in [4.78, 5) is 0. The van der Waals surface area contributed by atoms with Crippen molar-refractivity contribution in [3.05, 3.63) is 42.0 Å². The van der Waals surface area contributed by atoms with E-state index in [2.05, 4.69) is 43.3 Å². The molecule has 0 heterocycles. The molecule has 28 heavy (non-hydrogen) atoms. The zero-order valence-electron chi connectivity index (χ0n) is 18.0. The second kappa shape index (κ2) is 9.33. The molecule has 0 aromatic heterocycles. The minimum atomic E-state index is 0.766. The van der Waals surface area contributed by atoms with Crippen LogP contribution >= 0.6 is 0 Å². The fourth-order valence-corrected chi connectivity index (χ4v) is 5.81. The van der Waals surface area contributed by atoms with Crippen molar-refractivity contribution in [2.75, 3.05) is 7.11 Å². The molecule has 2 fully saturated rings. The van der Waals surface area contributed by atoms with E-state index >= 15 is 0 Å². The Balaban J connectivity index is 1.26. The van der Waals surface area contributed by atoms with Gasteiger partial charge in [0.2, 0.25) is 0 Å². The quantitative estimate of drug-likeness (QED) is 0.493. The van der Waals surface area contributed by atoms with Gasteiger partial charge in [-0.3, -0.25) is 0 Å². The van der Waals surface area contributed by atoms with Crippen LogP contribution in [0.2, 0.25) is 0 Å². The van der Waals surface area contributed by atoms with Gasteiger partial charge in [0.1, 0.15) is 5.75 Å². The van der Waals surface area contributed by atoms with Gasteiger partial charge in [0.15, 0.2) is 0 Å². The van der Waals surface area contributed by atoms with Crippen molar-refractivity contribution in [2.24, 2.45) is 17.8 Å². The maximum Gasteiger partial charge on any atom is 0.119 e. The molecular weight excluding hydrogens is 340 g/mol. The number of rotatable bonds is 6. The van der Waals surface area contributed by atoms with E-state index in [1.165, 1.54) is 81.4 Å². The van der Waals surface area contributed by atoms with Crippen molar-refractivity contribution in [1.29, 1.82) is 0 Å². The van der Waals surface area contributed by atoms with E-state index in [-0.39, 0.29) is 0 Å². The minimum Gasteiger partial charge on any atom is -0.497 e. The van der Waals surface area contributed by atoms with Crippen molar-refractivity contribution < 1.29 is 4.74 Å². The maximum absolute atomic E-state index is 5.36. The molecule has 0 saturated heterocycles. The average molecular weight is 379 g/mol. The highest BCUT2D eigenvalue weighted by Gasteiger charge is 2.25. The highest BCUT2D eigenvalue weighted by atomic mass is 16.5. The Morgan fingerprint density at radius 3 is 1.93 bits per heavy atom. The van der Waals surface area contributed by atoms with Gasteiger partial charge in [0.05, 0.1) is 7.11 Å². The van der Waals surface area contributed by atoms with Crippen LogP contribution in [0.25, 0.3) is 10.8 Å². The Hall–Kier alpha value is -1.50. The fraction of sp³-hybridized carbons (Fsp3) is 0.630. The molecule has 0 bridgehead atoms. The van der Waals surface area contributed by atoms with E-state index in [0.29, 0.717) is 0 Å². The number of fused-ring (bicyclic) bond motifs is 1. The van der Waals surface area contributed by atoms with Crippen molar-refractivity contribution >= 4 is 10.8 Å². The Kier molecular flexibility index (Phi) is 6.60. The molecule has 0 aliphatic heterocycles. The molecule has 2 aromatic rings. The molecule has 2 saturated carbocycles. The molecule has 0 atom stereocenters. The SMILES string of the molecule is CCC1CCC(CCC2CCC(c3ccc4cc(OC)ccc4c3)CC2)CC1. The van der Waals surface area contributed by atoms with Crippen LogP contribution in [0, 0.1) is 17.8 Å². The van der Waals surface area contributed by atoms with Crippen LogP contribution in [-0.2, 0) is 0 Å². The molecule has 0 radical (unpaired) electrons. The van der Waals surface area contributed by atoms with Gasteiger partial charge < -0.3 is 4.74 Å². The lowest BCUT2D eigenvalue weighted by atomic mass is 9.74. The van der Waals surface area contributed by atoms with Crippen LogP contribution < -0.4 is 4.74 Å². The summed E-state index contributed by atoms with van der Waals surface area (Å²) in [5.74, 6) is 4.78. The Morgan fingerprint density at radius 2 is 1.29 bits per heavy atom. The third-order valence-electron chi connectivity index (χ3n) is 7.92. The number of methoxy groups -OCH3 is 1. The van der Waals surface area contributed by atoms with E-state index in [1.807, 2.05) is 0 Å². The lowest BCUT2D eigenvalue weighted by Gasteiger charge is -2.32. The van der Waals surface area contributed by atoms with E-state index in [1.54, 1.807) is 12.7 Å². The monoisotopic (exact) mass is 378 g/mol. The van der Waals surface area contributed by atoms with Crippen molar-refractivity contribution in [3.63, 3.8) is 0 Å². The van der Waals surface area contributed by atoms with E-state index in [9.17, 15) is 0 Å². The average Bonchev–Trinajstić information content (AvgIpc) is 2.77. The van der Waals surface area contributed by atoms with Gasteiger partial charge in [-0.2, -0.15) is 0 Å². The topological polar surface area (TPSA) is 9.23 Å². The summed E-state index contributed by atoms with van der Waals surface area (Å²) in [6.45, 7) is 2.37. The summed E-state index contributed by atoms with van der Waals surface area (Å²) < 4.78 is 5.36. The van der Waals surface area contributed by atoms with Gasteiger partial charge >= 0.3 is 0 Å². The number of benzene rings is 2. The maximum atomic E-state index is 5.36. The zero-order valence-corrected chi connectivity index (χ0v) is 18.0. The summed E-state index contributed by atoms with van der Waals surface area (Å²) in [7, 11) is 1.74. The number of hydrogen-bond acceptors (Lipinski definition) is 1. The highest BCUT2D eigenvalue weighted by Crippen LogP contribution is 2.40. The van der Waals surface area contributed by atoms with Crippen molar-refractivity contribution in [2.45, 2.75) is 83.5 Å². The first-order valence-electron chi connectivity index (χ1n) is 11.8. The lowest BCUT2D eigenvalue weighted by molar-refractivity contribution is 0.227. The predicted molar refractivity (Wildman–Crippen MR) is 120 cm³/mol. The molecule has 0 unspecified atom stereocenters. The van der Waals surface area contributed by atoms with Gasteiger partial charge in [-0.05, 0) is 77.8 Å². The van der Waals surface area contributed by atoms with Gasteiger partial charge in [0.25, 0.3) is 0 Å². The molecule has 2 aromatic carbocycles. The number of ether oxygens (including phenoxy) is 1. The molecule has 0 spiro atoms. The van der Waals surface area contributed by atoms with Gasteiger partial charge in [-0.15, -0.1) is 0 Å². The van der Waals surface area contributed by atoms with E-state index < -0.39 is 0 Å². The molecule has 4 rings (SSSR count). The summed E-state index contributed by atoms with van der Waals surface area (Å²) in [6, 6.07) is 13.5. The lowest BCUT2D eigenvalue weighted by Crippen LogP contribution is -2.17. The molecular formula is C27H38O. The van der Waals surface area contributed by atoms with E-state index in [0.717, 1.165) is 29.4 Å². The number of hydrogen-bond donors (Lipinski definition) is 0. The Bertz CT molecular complexity index is 748. The van der Waals surface area contributed by atoms with Crippen LogP contribution in [0.5, 0.6) is 5.75 Å². The van der Waals surface area contributed by atoms with Crippen molar-refractivity contribution in [1.82, 2.24) is 0 Å². The summed E-state index contributed by atoms with van der Waals surface area (Å²) in [6.07, 6.45) is 16.1. The first kappa shape index (κ1) is 19.8. The highest BCUT2D eigenvalue weighted by molar-refractivity contribution is 5.84. The molecule has 1 heteroatoms. The molecule has 0 amide bonds. The largest absolute Gasteiger partial charge is 0.497 e. The third kappa shape index (κ3) is 4.73. The van der Waals surface area contributed by atoms with Crippen LogP contribution in [0.4, 0.5) is 0 Å². The molecule has 152 valence electrons. The second-order valence-corrected chi connectivity index (χ2v) is 9.56. The van der Waals surface area contributed by atoms with Crippen molar-refractivity contribution in [3.8, 4) is 5.75 Å². The summed E-state index contributed by atoms with van der Waals surface area (Å²) in [5.41, 5.74) is 1.55. The van der Waals surface area contributed by atoms with Gasteiger partial charge in [0, 0.05) is 0 Å². The molecule has 2 aliphatic rings. The van der Waals surface area contributed by atoms with E-state index in [4.69, 9.17) is 4.74 Å². The standard InChI is InChI=1S/C27H38O/c1-3-20-4-6-21(7-5-20)8-9-22-10-12-23(13-11-22)24-14-15-26-19-27(28-2)17-16-25(26)18-24/h14-23H,3-13H2,1-2H3. The van der Waals surface area contributed by atoms with Crippen LogP contribution in [0.15, 0.2) is 36.4 Å². The second-order valence-electron chi connectivity index (χ2n) is 9.56. The van der Waals surface area contributed by atoms with Crippen LogP contribution in [0.3, 0.4) is 0 Å².